The molecule has 3 aromatic rings. The number of amides is 1. The highest BCUT2D eigenvalue weighted by Crippen LogP contribution is 2.24. The van der Waals surface area contributed by atoms with E-state index in [2.05, 4.69) is 57.3 Å². The third-order valence-electron chi connectivity index (χ3n) is 3.96. The second kappa shape index (κ2) is 8.42. The molecule has 28 heavy (non-hydrogen) atoms. The topological polar surface area (TPSA) is 92.1 Å². The van der Waals surface area contributed by atoms with Crippen LogP contribution in [-0.2, 0) is 5.54 Å². The molecule has 0 saturated heterocycles. The Morgan fingerprint density at radius 3 is 2.75 bits per heavy atom. The molecule has 0 aliphatic carbocycles. The Kier molecular flexibility index (Phi) is 6.17. The van der Waals surface area contributed by atoms with Crippen LogP contribution in [0.4, 0.5) is 5.13 Å². The summed E-state index contributed by atoms with van der Waals surface area (Å²) in [5.74, 6) is -0.234. The van der Waals surface area contributed by atoms with Gasteiger partial charge in [0.1, 0.15) is 16.5 Å². The Balaban J connectivity index is 1.54. The number of aromatic nitrogens is 3. The Labute approximate surface area is 176 Å². The molecule has 3 rings (SSSR count). The molecule has 3 N–H and O–H groups in total. The van der Waals surface area contributed by atoms with Gasteiger partial charge in [-0.25, -0.2) is 9.97 Å². The molecule has 0 fully saturated rings. The summed E-state index contributed by atoms with van der Waals surface area (Å²) >= 11 is 4.70. The molecule has 1 amide bonds. The van der Waals surface area contributed by atoms with E-state index in [1.165, 1.54) is 11.3 Å². The van der Waals surface area contributed by atoms with Gasteiger partial charge in [0.2, 0.25) is 0 Å². The molecule has 9 heteroatoms. The van der Waals surface area contributed by atoms with Gasteiger partial charge in [0.25, 0.3) is 5.91 Å². The van der Waals surface area contributed by atoms with Gasteiger partial charge < -0.3 is 20.3 Å². The van der Waals surface area contributed by atoms with Crippen molar-refractivity contribution in [1.82, 2.24) is 19.9 Å². The summed E-state index contributed by atoms with van der Waals surface area (Å²) in [6.07, 6.45) is 2.72. The Bertz CT molecular complexity index is 963. The van der Waals surface area contributed by atoms with Crippen LogP contribution >= 0.6 is 27.3 Å². The minimum atomic E-state index is -0.955. The third-order valence-corrected chi connectivity index (χ3v) is 5.17. The molecule has 0 bridgehead atoms. The highest BCUT2D eigenvalue weighted by molar-refractivity contribution is 9.10. The molecule has 0 radical (unpaired) electrons. The minimum Gasteiger partial charge on any atom is -0.372 e. The number of nitrogens with zero attached hydrogens (tertiary/aromatic N) is 3. The number of carbonyl (C=O) groups is 1. The summed E-state index contributed by atoms with van der Waals surface area (Å²) in [5, 5.41) is 18.2. The fraction of sp³-hybridized carbons (Fsp3) is 0.316. The number of aliphatic hydroxyl groups is 1. The van der Waals surface area contributed by atoms with Crippen LogP contribution in [0.1, 0.15) is 31.1 Å². The summed E-state index contributed by atoms with van der Waals surface area (Å²) in [4.78, 5) is 21.1. The summed E-state index contributed by atoms with van der Waals surface area (Å²) in [6.45, 7) is 6.25. The zero-order valence-corrected chi connectivity index (χ0v) is 18.2. The molecular formula is C19H22BrN5O2S. The highest BCUT2D eigenvalue weighted by Gasteiger charge is 2.16. The van der Waals surface area contributed by atoms with Crippen LogP contribution in [0, 0.1) is 0 Å². The maximum Gasteiger partial charge on any atom is 0.252 e. The first kappa shape index (κ1) is 20.5. The van der Waals surface area contributed by atoms with Crippen LogP contribution in [0.5, 0.6) is 0 Å². The van der Waals surface area contributed by atoms with E-state index in [1.54, 1.807) is 12.3 Å². The van der Waals surface area contributed by atoms with Crippen molar-refractivity contribution in [2.24, 2.45) is 0 Å². The monoisotopic (exact) mass is 463 g/mol. The molecule has 1 atom stereocenters. The largest absolute Gasteiger partial charge is 0.372 e. The van der Waals surface area contributed by atoms with Gasteiger partial charge >= 0.3 is 0 Å². The lowest BCUT2D eigenvalue weighted by molar-refractivity contribution is 0.0927. The number of halogens is 1. The Morgan fingerprint density at radius 1 is 1.29 bits per heavy atom. The molecule has 0 aliphatic heterocycles. The van der Waals surface area contributed by atoms with Crippen molar-refractivity contribution in [3.63, 3.8) is 0 Å². The standard InChI is InChI=1S/C19H22BrN5O2S/c1-19(2,3)25-8-7-12(10-25)17(27)21-9-16(26)24-18-23-14(11-28-18)13-5-4-6-15(20)22-13/h4-8,10-11,16,26H,9H2,1-3H3,(H,21,27)(H,23,24). The van der Waals surface area contributed by atoms with Crippen molar-refractivity contribution < 1.29 is 9.90 Å². The molecule has 0 spiro atoms. The quantitative estimate of drug-likeness (QED) is 0.382. The average molecular weight is 464 g/mol. The molecule has 0 saturated carbocycles. The number of anilines is 1. The summed E-state index contributed by atoms with van der Waals surface area (Å²) in [7, 11) is 0. The molecule has 148 valence electrons. The van der Waals surface area contributed by atoms with Gasteiger partial charge in [-0.2, -0.15) is 0 Å². The van der Waals surface area contributed by atoms with E-state index >= 15 is 0 Å². The molecule has 3 heterocycles. The van der Waals surface area contributed by atoms with Crippen LogP contribution in [0.2, 0.25) is 0 Å². The number of carbonyl (C=O) groups excluding carboxylic acids is 1. The second-order valence-electron chi connectivity index (χ2n) is 7.23. The molecular weight excluding hydrogens is 442 g/mol. The van der Waals surface area contributed by atoms with E-state index < -0.39 is 6.23 Å². The van der Waals surface area contributed by atoms with Crippen molar-refractivity contribution in [3.8, 4) is 11.4 Å². The lowest BCUT2D eigenvalue weighted by atomic mass is 10.1. The zero-order valence-electron chi connectivity index (χ0n) is 15.8. The van der Waals surface area contributed by atoms with Gasteiger partial charge in [-0.05, 0) is 54.9 Å². The lowest BCUT2D eigenvalue weighted by Crippen LogP contribution is -2.36. The van der Waals surface area contributed by atoms with E-state index in [1.807, 2.05) is 34.3 Å². The zero-order chi connectivity index (χ0) is 20.3. The maximum absolute atomic E-state index is 12.3. The Morgan fingerprint density at radius 2 is 2.07 bits per heavy atom. The van der Waals surface area contributed by atoms with Crippen molar-refractivity contribution in [1.29, 1.82) is 0 Å². The average Bonchev–Trinajstić information content (AvgIpc) is 3.29. The fourth-order valence-electron chi connectivity index (χ4n) is 2.44. The van der Waals surface area contributed by atoms with Gasteiger partial charge in [-0.3, -0.25) is 4.79 Å². The second-order valence-corrected chi connectivity index (χ2v) is 8.90. The fourth-order valence-corrected chi connectivity index (χ4v) is 3.54. The SMILES string of the molecule is CC(C)(C)n1ccc(C(=O)NCC(O)Nc2nc(-c3cccc(Br)n3)cs2)c1. The normalized spacial score (nSPS) is 12.6. The van der Waals surface area contributed by atoms with Gasteiger partial charge in [0.05, 0.1) is 17.8 Å². The predicted octanol–water partition coefficient (Wildman–Crippen LogP) is 3.68. The highest BCUT2D eigenvalue weighted by atomic mass is 79.9. The summed E-state index contributed by atoms with van der Waals surface area (Å²) in [6, 6.07) is 7.36. The summed E-state index contributed by atoms with van der Waals surface area (Å²) in [5.41, 5.74) is 1.92. The maximum atomic E-state index is 12.3. The molecule has 3 aromatic heterocycles. The van der Waals surface area contributed by atoms with Crippen molar-refractivity contribution in [2.75, 3.05) is 11.9 Å². The van der Waals surface area contributed by atoms with Gasteiger partial charge in [0.15, 0.2) is 5.13 Å². The molecule has 1 unspecified atom stereocenters. The molecule has 7 nitrogen and oxygen atoms in total. The van der Waals surface area contributed by atoms with E-state index in [9.17, 15) is 9.90 Å². The first-order valence-corrected chi connectivity index (χ1v) is 10.4. The minimum absolute atomic E-state index is 0.0591. The number of nitrogens with one attached hydrogen (secondary N) is 2. The van der Waals surface area contributed by atoms with Gasteiger partial charge in [0, 0.05) is 23.3 Å². The van der Waals surface area contributed by atoms with Crippen LogP contribution in [0.25, 0.3) is 11.4 Å². The number of hydrogen-bond donors (Lipinski definition) is 3. The van der Waals surface area contributed by atoms with Crippen LogP contribution in [0.3, 0.4) is 0 Å². The first-order valence-electron chi connectivity index (χ1n) is 8.72. The van der Waals surface area contributed by atoms with E-state index in [-0.39, 0.29) is 18.0 Å². The van der Waals surface area contributed by atoms with Crippen LogP contribution in [-0.4, -0.2) is 38.3 Å². The smallest absolute Gasteiger partial charge is 0.252 e. The van der Waals surface area contributed by atoms with Crippen LogP contribution < -0.4 is 10.6 Å². The number of aliphatic hydroxyl groups excluding tert-OH is 1. The molecule has 0 aliphatic rings. The predicted molar refractivity (Wildman–Crippen MR) is 114 cm³/mol. The van der Waals surface area contributed by atoms with E-state index in [0.29, 0.717) is 16.4 Å². The van der Waals surface area contributed by atoms with Gasteiger partial charge in [-0.1, -0.05) is 6.07 Å². The third kappa shape index (κ3) is 5.18. The first-order chi connectivity index (χ1) is 13.2. The molecule has 0 aromatic carbocycles. The Hall–Kier alpha value is -2.23. The number of hydrogen-bond acceptors (Lipinski definition) is 6. The van der Waals surface area contributed by atoms with E-state index in [0.717, 1.165) is 10.3 Å². The van der Waals surface area contributed by atoms with Crippen molar-refractivity contribution >= 4 is 38.3 Å². The van der Waals surface area contributed by atoms with Gasteiger partial charge in [-0.15, -0.1) is 11.3 Å². The number of pyridine rings is 1. The summed E-state index contributed by atoms with van der Waals surface area (Å²) < 4.78 is 2.71. The van der Waals surface area contributed by atoms with Crippen molar-refractivity contribution in [2.45, 2.75) is 32.5 Å². The van der Waals surface area contributed by atoms with Crippen molar-refractivity contribution in [3.05, 3.63) is 52.2 Å². The number of rotatable bonds is 6. The van der Waals surface area contributed by atoms with E-state index in [4.69, 9.17) is 0 Å². The van der Waals surface area contributed by atoms with Crippen LogP contribution in [0.15, 0.2) is 46.6 Å². The number of thiazole rings is 1. The lowest BCUT2D eigenvalue weighted by Gasteiger charge is -2.20.